The van der Waals surface area contributed by atoms with Gasteiger partial charge in [0.25, 0.3) is 0 Å². The van der Waals surface area contributed by atoms with E-state index in [9.17, 15) is 24.6 Å². The van der Waals surface area contributed by atoms with Crippen LogP contribution in [0.3, 0.4) is 0 Å². The number of aliphatic hydroxyl groups is 2. The van der Waals surface area contributed by atoms with E-state index in [1.807, 2.05) is 6.92 Å². The predicted octanol–water partition coefficient (Wildman–Crippen LogP) is 1.37. The van der Waals surface area contributed by atoms with Crippen LogP contribution in [0.15, 0.2) is 0 Å². The lowest BCUT2D eigenvalue weighted by atomic mass is 9.97. The van der Waals surface area contributed by atoms with Crippen molar-refractivity contribution in [2.45, 2.75) is 90.0 Å². The Morgan fingerprint density at radius 1 is 1.10 bits per heavy atom. The minimum absolute atomic E-state index is 0.0103. The molecule has 0 saturated heterocycles. The number of amides is 3. The molecule has 0 aliphatic heterocycles. The Kier molecular flexibility index (Phi) is 13.3. The van der Waals surface area contributed by atoms with Gasteiger partial charge in [-0.1, -0.05) is 13.3 Å². The fraction of sp³-hybridized carbons (Fsp3) is 0.857. The minimum atomic E-state index is -1.17. The molecule has 0 aromatic heterocycles. The molecular weight excluding hydrogens is 406 g/mol. The first-order valence-corrected chi connectivity index (χ1v) is 11.8. The van der Waals surface area contributed by atoms with Gasteiger partial charge in [0.05, 0.1) is 11.7 Å². The quantitative estimate of drug-likeness (QED) is 0.326. The van der Waals surface area contributed by atoms with E-state index in [0.29, 0.717) is 18.6 Å². The van der Waals surface area contributed by atoms with Gasteiger partial charge in [-0.3, -0.25) is 14.4 Å². The van der Waals surface area contributed by atoms with Crippen molar-refractivity contribution in [2.24, 2.45) is 5.73 Å². The minimum Gasteiger partial charge on any atom is -0.393 e. The Morgan fingerprint density at radius 3 is 2.17 bits per heavy atom. The lowest BCUT2D eigenvalue weighted by molar-refractivity contribution is -0.147. The van der Waals surface area contributed by atoms with Crippen molar-refractivity contribution in [3.05, 3.63) is 0 Å². The van der Waals surface area contributed by atoms with E-state index in [-0.39, 0.29) is 24.3 Å². The summed E-state index contributed by atoms with van der Waals surface area (Å²) in [5, 5.41) is 19.4. The summed E-state index contributed by atoms with van der Waals surface area (Å²) in [6, 6.07) is -1.69. The SMILES string of the molecule is CCCC(=O)N(C)[C@H](CSCCCC[C@@H](C)O)C(=O)N(C)[C@@H](CC(C)(C)O)C(N)=O. The second-order valence-electron chi connectivity index (χ2n) is 8.57. The molecular formula is C21H41N3O5S. The molecule has 0 aromatic rings. The van der Waals surface area contributed by atoms with Gasteiger partial charge in [-0.05, 0) is 45.8 Å². The van der Waals surface area contributed by atoms with Gasteiger partial charge >= 0.3 is 0 Å². The molecule has 0 aliphatic carbocycles. The maximum atomic E-state index is 13.2. The summed E-state index contributed by atoms with van der Waals surface area (Å²) in [6.45, 7) is 6.77. The molecule has 0 aromatic carbocycles. The van der Waals surface area contributed by atoms with Gasteiger partial charge in [0.15, 0.2) is 0 Å². The number of primary amides is 1. The zero-order valence-corrected chi connectivity index (χ0v) is 20.2. The summed E-state index contributed by atoms with van der Waals surface area (Å²) in [5.74, 6) is 0.0140. The molecule has 0 unspecified atom stereocenters. The number of carbonyl (C=O) groups is 3. The fourth-order valence-electron chi connectivity index (χ4n) is 3.04. The van der Waals surface area contributed by atoms with Gasteiger partial charge < -0.3 is 25.7 Å². The van der Waals surface area contributed by atoms with Crippen LogP contribution in [0.1, 0.15) is 66.2 Å². The second kappa shape index (κ2) is 13.9. The van der Waals surface area contributed by atoms with E-state index in [4.69, 9.17) is 5.73 Å². The second-order valence-corrected chi connectivity index (χ2v) is 9.72. The molecule has 0 heterocycles. The van der Waals surface area contributed by atoms with Crippen LogP contribution in [0.5, 0.6) is 0 Å². The number of aliphatic hydroxyl groups excluding tert-OH is 1. The molecule has 9 heteroatoms. The Balaban J connectivity index is 5.27. The summed E-state index contributed by atoms with van der Waals surface area (Å²) in [7, 11) is 3.10. The number of unbranched alkanes of at least 4 members (excludes halogenated alkanes) is 1. The summed E-state index contributed by atoms with van der Waals surface area (Å²) >= 11 is 1.57. The van der Waals surface area contributed by atoms with Crippen LogP contribution in [0, 0.1) is 0 Å². The molecule has 0 rings (SSSR count). The van der Waals surface area contributed by atoms with E-state index in [1.165, 1.54) is 16.8 Å². The summed E-state index contributed by atoms with van der Waals surface area (Å²) < 4.78 is 0. The van der Waals surface area contributed by atoms with Crippen LogP contribution in [0.25, 0.3) is 0 Å². The van der Waals surface area contributed by atoms with Gasteiger partial charge in [0, 0.05) is 32.7 Å². The average molecular weight is 448 g/mol. The molecule has 0 spiro atoms. The average Bonchev–Trinajstić information content (AvgIpc) is 2.63. The number of carbonyl (C=O) groups excluding carboxylic acids is 3. The monoisotopic (exact) mass is 447 g/mol. The molecule has 0 saturated carbocycles. The highest BCUT2D eigenvalue weighted by molar-refractivity contribution is 7.99. The number of likely N-dealkylation sites (N-methyl/N-ethyl adjacent to an activating group) is 2. The maximum Gasteiger partial charge on any atom is 0.246 e. The highest BCUT2D eigenvalue weighted by Gasteiger charge is 2.36. The standard InChI is InChI=1S/C21H41N3O5S/c1-7-10-18(26)23(5)17(14-30-12-9-8-11-15(2)25)20(28)24(6)16(19(22)27)13-21(3,4)29/h15-17,25,29H,7-14H2,1-6H3,(H2,22,27)/t15-,16+,17-/m1/s1. The molecule has 0 bridgehead atoms. The maximum absolute atomic E-state index is 13.2. The van der Waals surface area contributed by atoms with Gasteiger partial charge in [-0.15, -0.1) is 0 Å². The molecule has 4 N–H and O–H groups in total. The fourth-order valence-corrected chi connectivity index (χ4v) is 4.21. The third kappa shape index (κ3) is 11.2. The first-order valence-electron chi connectivity index (χ1n) is 10.6. The van der Waals surface area contributed by atoms with Crippen molar-refractivity contribution >= 4 is 29.5 Å². The van der Waals surface area contributed by atoms with Crippen molar-refractivity contribution in [2.75, 3.05) is 25.6 Å². The van der Waals surface area contributed by atoms with Crippen molar-refractivity contribution in [1.29, 1.82) is 0 Å². The third-order valence-electron chi connectivity index (χ3n) is 4.88. The number of nitrogens with two attached hydrogens (primary N) is 1. The molecule has 3 amide bonds. The largest absolute Gasteiger partial charge is 0.393 e. The first-order chi connectivity index (χ1) is 13.8. The van der Waals surface area contributed by atoms with E-state index < -0.39 is 23.6 Å². The van der Waals surface area contributed by atoms with E-state index in [1.54, 1.807) is 39.6 Å². The molecule has 0 radical (unpaired) electrons. The summed E-state index contributed by atoms with van der Waals surface area (Å²) in [6.07, 6.45) is 3.23. The van der Waals surface area contributed by atoms with Gasteiger partial charge in [0.2, 0.25) is 17.7 Å². The number of nitrogens with zero attached hydrogens (tertiary/aromatic N) is 2. The predicted molar refractivity (Wildman–Crippen MR) is 121 cm³/mol. The molecule has 0 aliphatic rings. The van der Waals surface area contributed by atoms with E-state index in [2.05, 4.69) is 0 Å². The Bertz CT molecular complexity index is 551. The molecule has 30 heavy (non-hydrogen) atoms. The van der Waals surface area contributed by atoms with Crippen LogP contribution >= 0.6 is 11.8 Å². The smallest absolute Gasteiger partial charge is 0.246 e. The third-order valence-corrected chi connectivity index (χ3v) is 6.01. The highest BCUT2D eigenvalue weighted by atomic mass is 32.2. The van der Waals surface area contributed by atoms with E-state index in [0.717, 1.165) is 25.0 Å². The van der Waals surface area contributed by atoms with Crippen LogP contribution in [-0.4, -0.2) is 87.1 Å². The number of rotatable bonds is 15. The highest BCUT2D eigenvalue weighted by Crippen LogP contribution is 2.19. The Morgan fingerprint density at radius 2 is 1.70 bits per heavy atom. The van der Waals surface area contributed by atoms with Crippen molar-refractivity contribution < 1.29 is 24.6 Å². The summed E-state index contributed by atoms with van der Waals surface area (Å²) in [5.41, 5.74) is 4.32. The Labute approximate surface area is 185 Å². The Hall–Kier alpha value is -1.32. The lowest BCUT2D eigenvalue weighted by Gasteiger charge is -2.35. The lowest BCUT2D eigenvalue weighted by Crippen LogP contribution is -2.56. The van der Waals surface area contributed by atoms with Crippen molar-refractivity contribution in [3.8, 4) is 0 Å². The normalized spacial score (nSPS) is 14.7. The number of thioether (sulfide) groups is 1. The summed E-state index contributed by atoms with van der Waals surface area (Å²) in [4.78, 5) is 40.3. The van der Waals surface area contributed by atoms with Crippen molar-refractivity contribution in [1.82, 2.24) is 9.80 Å². The molecule has 176 valence electrons. The number of hydrogen-bond donors (Lipinski definition) is 3. The number of hydrogen-bond acceptors (Lipinski definition) is 6. The van der Waals surface area contributed by atoms with Gasteiger partial charge in [-0.25, -0.2) is 0 Å². The zero-order valence-electron chi connectivity index (χ0n) is 19.4. The molecule has 0 fully saturated rings. The molecule has 8 nitrogen and oxygen atoms in total. The zero-order chi connectivity index (χ0) is 23.5. The topological polar surface area (TPSA) is 124 Å². The van der Waals surface area contributed by atoms with Gasteiger partial charge in [0.1, 0.15) is 12.1 Å². The van der Waals surface area contributed by atoms with E-state index >= 15 is 0 Å². The first kappa shape index (κ1) is 28.7. The molecule has 3 atom stereocenters. The van der Waals surface area contributed by atoms with Crippen molar-refractivity contribution in [3.63, 3.8) is 0 Å². The van der Waals surface area contributed by atoms with Crippen LogP contribution < -0.4 is 5.73 Å². The van der Waals surface area contributed by atoms with Crippen LogP contribution in [0.4, 0.5) is 0 Å². The van der Waals surface area contributed by atoms with Crippen LogP contribution in [-0.2, 0) is 14.4 Å². The van der Waals surface area contributed by atoms with Crippen LogP contribution in [0.2, 0.25) is 0 Å². The van der Waals surface area contributed by atoms with Gasteiger partial charge in [-0.2, -0.15) is 11.8 Å².